The van der Waals surface area contributed by atoms with Crippen molar-refractivity contribution in [2.75, 3.05) is 12.3 Å². The number of pyridine rings is 1. The lowest BCUT2D eigenvalue weighted by Crippen LogP contribution is -2.43. The first-order valence-electron chi connectivity index (χ1n) is 13.8. The van der Waals surface area contributed by atoms with Gasteiger partial charge in [-0.15, -0.1) is 0 Å². The number of nitrogens with two attached hydrogens (primary N) is 1. The van der Waals surface area contributed by atoms with E-state index in [0.717, 1.165) is 43.4 Å². The van der Waals surface area contributed by atoms with E-state index in [-0.39, 0.29) is 22.7 Å². The number of aliphatic hydroxyl groups excluding tert-OH is 3. The van der Waals surface area contributed by atoms with Gasteiger partial charge in [-0.1, -0.05) is 6.07 Å². The van der Waals surface area contributed by atoms with Crippen LogP contribution in [0.4, 0.5) is 5.69 Å². The fourth-order valence-electron chi connectivity index (χ4n) is 5.74. The molecule has 1 aliphatic heterocycles. The molecule has 6 N–H and O–H groups in total. The number of fused-ring (bicyclic) bond motifs is 4. The summed E-state index contributed by atoms with van der Waals surface area (Å²) in [4.78, 5) is 30.4. The summed E-state index contributed by atoms with van der Waals surface area (Å²) in [7, 11) is 0. The van der Waals surface area contributed by atoms with E-state index in [2.05, 4.69) is 21.3 Å². The van der Waals surface area contributed by atoms with Crippen LogP contribution in [0.1, 0.15) is 17.4 Å². The Balaban J connectivity index is 1.28. The fraction of sp³-hybridized carbons (Fsp3) is 0.233. The SMILES string of the molecule is Cc1ccc2[nH]ncc2c1-c1cc2c(oc3ccc(OCn4c(=O)ccn([C@@H]5O[C@H](CO)[C@@H](O)[C@H]5O)c4=O)nc32)c(C#N)c1N. The number of benzene rings is 2. The second-order valence-electron chi connectivity index (χ2n) is 10.7. The number of H-pyrrole nitrogens is 1. The minimum atomic E-state index is -1.52. The van der Waals surface area contributed by atoms with E-state index >= 15 is 0 Å². The largest absolute Gasteiger partial charge is 0.456 e. The summed E-state index contributed by atoms with van der Waals surface area (Å²) in [6, 6.07) is 11.9. The van der Waals surface area contributed by atoms with Gasteiger partial charge in [-0.3, -0.25) is 14.5 Å². The number of aromatic nitrogens is 5. The normalized spacial score (nSPS) is 19.9. The first-order valence-corrected chi connectivity index (χ1v) is 13.8. The molecule has 0 saturated carbocycles. The van der Waals surface area contributed by atoms with Crippen molar-refractivity contribution >= 4 is 38.7 Å². The molecular formula is C30H25N7O8. The van der Waals surface area contributed by atoms with E-state index in [1.165, 1.54) is 6.07 Å². The lowest BCUT2D eigenvalue weighted by molar-refractivity contribution is -0.0560. The number of hydrogen-bond donors (Lipinski definition) is 5. The maximum Gasteiger partial charge on any atom is 0.335 e. The predicted octanol–water partition coefficient (Wildman–Crippen LogP) is 1.26. The summed E-state index contributed by atoms with van der Waals surface area (Å²) in [6.07, 6.45) is -2.58. The van der Waals surface area contributed by atoms with Crippen LogP contribution in [0.25, 0.3) is 44.1 Å². The van der Waals surface area contributed by atoms with E-state index in [1.54, 1.807) is 18.3 Å². The summed E-state index contributed by atoms with van der Waals surface area (Å²) < 4.78 is 18.9. The van der Waals surface area contributed by atoms with Crippen LogP contribution in [0.5, 0.6) is 5.88 Å². The van der Waals surface area contributed by atoms with Gasteiger partial charge >= 0.3 is 5.69 Å². The lowest BCUT2D eigenvalue weighted by atomic mass is 9.92. The summed E-state index contributed by atoms with van der Waals surface area (Å²) in [6.45, 7) is 0.803. The second-order valence-corrected chi connectivity index (χ2v) is 10.7. The summed E-state index contributed by atoms with van der Waals surface area (Å²) in [5.41, 5.74) is 9.41. The summed E-state index contributed by atoms with van der Waals surface area (Å²) >= 11 is 0. The van der Waals surface area contributed by atoms with Gasteiger partial charge in [0.1, 0.15) is 35.5 Å². The van der Waals surface area contributed by atoms with Crippen molar-refractivity contribution in [3.05, 3.63) is 80.8 Å². The van der Waals surface area contributed by atoms with Gasteiger partial charge in [-0.25, -0.2) is 14.3 Å². The monoisotopic (exact) mass is 611 g/mol. The van der Waals surface area contributed by atoms with Gasteiger partial charge < -0.3 is 34.9 Å². The Kier molecular flexibility index (Phi) is 6.64. The average molecular weight is 612 g/mol. The van der Waals surface area contributed by atoms with Crippen molar-refractivity contribution in [2.45, 2.75) is 38.2 Å². The van der Waals surface area contributed by atoms with Crippen molar-refractivity contribution in [2.24, 2.45) is 0 Å². The molecule has 0 aliphatic carbocycles. The molecule has 0 radical (unpaired) electrons. The molecule has 15 nitrogen and oxygen atoms in total. The number of furan rings is 1. The Bertz CT molecular complexity index is 2300. The van der Waals surface area contributed by atoms with E-state index < -0.39 is 49.1 Å². The van der Waals surface area contributed by atoms with Crippen LogP contribution in [-0.2, 0) is 11.5 Å². The average Bonchev–Trinajstić information content (AvgIpc) is 3.73. The van der Waals surface area contributed by atoms with Gasteiger partial charge in [0.15, 0.2) is 24.1 Å². The van der Waals surface area contributed by atoms with Crippen molar-refractivity contribution < 1.29 is 29.2 Å². The molecule has 6 aromatic rings. The molecular weight excluding hydrogens is 586 g/mol. The third-order valence-corrected chi connectivity index (χ3v) is 8.06. The molecule has 7 rings (SSSR count). The van der Waals surface area contributed by atoms with Gasteiger partial charge in [0.25, 0.3) is 5.56 Å². The van der Waals surface area contributed by atoms with Crippen molar-refractivity contribution in [3.63, 3.8) is 0 Å². The maximum absolute atomic E-state index is 13.2. The van der Waals surface area contributed by atoms with Crippen LogP contribution in [-0.4, -0.2) is 64.6 Å². The zero-order chi connectivity index (χ0) is 31.6. The molecule has 0 spiro atoms. The molecule has 1 aliphatic rings. The summed E-state index contributed by atoms with van der Waals surface area (Å²) in [5, 5.41) is 48.3. The number of nitriles is 1. The number of aliphatic hydroxyl groups is 3. The smallest absolute Gasteiger partial charge is 0.335 e. The Hall–Kier alpha value is -5.53. The number of hydrogen-bond acceptors (Lipinski definition) is 12. The standard InChI is InChI=1S/C30H25N7O8/c1-13-2-3-18-17(10-33-35-18)23(13)14-8-15-25-19(44-28(15)16(9-31)24(14)32)4-5-21(34-25)43-12-37-22(39)6-7-36(30(37)42)29-27(41)26(40)20(11-38)45-29/h2-8,10,20,26-27,29,38,40-41H,11-12,32H2,1H3,(H,33,35)/t20-,26-,27-,29-/m1/s1. The summed E-state index contributed by atoms with van der Waals surface area (Å²) in [5.74, 6) is 0.0461. The van der Waals surface area contributed by atoms with Crippen molar-refractivity contribution in [1.29, 1.82) is 5.26 Å². The molecule has 0 bridgehead atoms. The minimum absolute atomic E-state index is 0.0461. The molecule has 2 aromatic carbocycles. The number of aromatic amines is 1. The van der Waals surface area contributed by atoms with Crippen LogP contribution in [0.2, 0.25) is 0 Å². The zero-order valence-corrected chi connectivity index (χ0v) is 23.5. The topological polar surface area (TPSA) is 228 Å². The number of nitrogen functional groups attached to an aromatic ring is 1. The highest BCUT2D eigenvalue weighted by molar-refractivity contribution is 6.11. The van der Waals surface area contributed by atoms with Crippen molar-refractivity contribution in [1.82, 2.24) is 24.3 Å². The molecule has 0 amide bonds. The maximum atomic E-state index is 13.2. The van der Waals surface area contributed by atoms with Gasteiger partial charge in [0, 0.05) is 34.7 Å². The quantitative estimate of drug-likeness (QED) is 0.168. The number of anilines is 1. The van der Waals surface area contributed by atoms with Gasteiger partial charge in [0.05, 0.1) is 24.0 Å². The molecule has 0 unspecified atom stereocenters. The Morgan fingerprint density at radius 3 is 2.73 bits per heavy atom. The van der Waals surface area contributed by atoms with Gasteiger partial charge in [-0.05, 0) is 36.2 Å². The number of ether oxygens (including phenoxy) is 2. The molecule has 1 fully saturated rings. The van der Waals surface area contributed by atoms with Crippen LogP contribution < -0.4 is 21.7 Å². The van der Waals surface area contributed by atoms with Crippen LogP contribution in [0, 0.1) is 18.3 Å². The molecule has 4 aromatic heterocycles. The van der Waals surface area contributed by atoms with Crippen LogP contribution >= 0.6 is 0 Å². The molecule has 45 heavy (non-hydrogen) atoms. The Labute approximate surface area is 251 Å². The van der Waals surface area contributed by atoms with Gasteiger partial charge in [-0.2, -0.15) is 10.4 Å². The predicted molar refractivity (Wildman–Crippen MR) is 159 cm³/mol. The first kappa shape index (κ1) is 28.3. The molecule has 15 heteroatoms. The van der Waals surface area contributed by atoms with Crippen molar-refractivity contribution in [3.8, 4) is 23.1 Å². The number of rotatable bonds is 6. The molecule has 1 saturated heterocycles. The highest BCUT2D eigenvalue weighted by Gasteiger charge is 2.44. The Morgan fingerprint density at radius 1 is 1.16 bits per heavy atom. The zero-order valence-electron chi connectivity index (χ0n) is 23.5. The second kappa shape index (κ2) is 10.6. The first-order chi connectivity index (χ1) is 21.7. The number of nitrogens with one attached hydrogen (secondary N) is 1. The molecule has 4 atom stereocenters. The van der Waals surface area contributed by atoms with E-state index in [9.17, 15) is 30.2 Å². The van der Waals surface area contributed by atoms with E-state index in [0.29, 0.717) is 22.0 Å². The van der Waals surface area contributed by atoms with Gasteiger partial charge in [0.2, 0.25) is 5.88 Å². The van der Waals surface area contributed by atoms with Crippen LogP contribution in [0.15, 0.2) is 62.8 Å². The molecule has 228 valence electrons. The highest BCUT2D eigenvalue weighted by atomic mass is 16.6. The fourth-order valence-corrected chi connectivity index (χ4v) is 5.74. The Morgan fingerprint density at radius 2 is 1.98 bits per heavy atom. The lowest BCUT2D eigenvalue weighted by Gasteiger charge is -2.18. The van der Waals surface area contributed by atoms with E-state index in [1.807, 2.05) is 19.1 Å². The molecule has 5 heterocycles. The van der Waals surface area contributed by atoms with E-state index in [4.69, 9.17) is 19.6 Å². The highest BCUT2D eigenvalue weighted by Crippen LogP contribution is 2.42. The number of aryl methyl sites for hydroxylation is 1. The minimum Gasteiger partial charge on any atom is -0.456 e. The van der Waals surface area contributed by atoms with Crippen LogP contribution in [0.3, 0.4) is 0 Å². The third kappa shape index (κ3) is 4.35. The number of nitrogens with zero attached hydrogens (tertiary/aromatic N) is 5. The third-order valence-electron chi connectivity index (χ3n) is 8.06.